The minimum absolute atomic E-state index is 0.0532. The van der Waals surface area contributed by atoms with Gasteiger partial charge in [0.05, 0.1) is 27.4 Å². The van der Waals surface area contributed by atoms with Crippen molar-refractivity contribution < 1.29 is 19.0 Å². The molecule has 20 heavy (non-hydrogen) atoms. The summed E-state index contributed by atoms with van der Waals surface area (Å²) in [6.45, 7) is 1.88. The van der Waals surface area contributed by atoms with Crippen molar-refractivity contribution >= 4 is 5.91 Å². The van der Waals surface area contributed by atoms with Gasteiger partial charge in [0.1, 0.15) is 0 Å². The standard InChI is InChI=1S/C14H22N2O4/c1-18-7-6-16-14(17)10-15-9-11-4-5-12(19-2)13(8-11)20-3/h4-5,8,15H,6-7,9-10H2,1-3H3,(H,16,17). The summed E-state index contributed by atoms with van der Waals surface area (Å²) in [6.07, 6.45) is 0. The molecule has 1 amide bonds. The maximum atomic E-state index is 11.5. The number of rotatable bonds is 9. The van der Waals surface area contributed by atoms with Crippen molar-refractivity contribution in [1.82, 2.24) is 10.6 Å². The Kier molecular flexibility index (Phi) is 7.46. The minimum atomic E-state index is -0.0532. The topological polar surface area (TPSA) is 68.8 Å². The van der Waals surface area contributed by atoms with Crippen LogP contribution in [0.25, 0.3) is 0 Å². The Morgan fingerprint density at radius 3 is 2.55 bits per heavy atom. The molecule has 0 saturated heterocycles. The van der Waals surface area contributed by atoms with Gasteiger partial charge >= 0.3 is 0 Å². The lowest BCUT2D eigenvalue weighted by molar-refractivity contribution is -0.120. The molecule has 0 aliphatic carbocycles. The molecule has 0 unspecified atom stereocenters. The molecule has 0 spiro atoms. The van der Waals surface area contributed by atoms with E-state index < -0.39 is 0 Å². The van der Waals surface area contributed by atoms with Crippen LogP contribution in [0.3, 0.4) is 0 Å². The average Bonchev–Trinajstić information content (AvgIpc) is 2.47. The van der Waals surface area contributed by atoms with Crippen LogP contribution in [0.5, 0.6) is 11.5 Å². The summed E-state index contributed by atoms with van der Waals surface area (Å²) in [7, 11) is 4.79. The second-order valence-electron chi connectivity index (χ2n) is 4.14. The maximum absolute atomic E-state index is 11.5. The van der Waals surface area contributed by atoms with E-state index in [2.05, 4.69) is 10.6 Å². The van der Waals surface area contributed by atoms with Crippen molar-refractivity contribution in [3.05, 3.63) is 23.8 Å². The molecule has 112 valence electrons. The summed E-state index contributed by atoms with van der Waals surface area (Å²) >= 11 is 0. The van der Waals surface area contributed by atoms with Crippen LogP contribution in [0.2, 0.25) is 0 Å². The number of carbonyl (C=O) groups is 1. The van der Waals surface area contributed by atoms with Crippen molar-refractivity contribution in [1.29, 1.82) is 0 Å². The fourth-order valence-corrected chi connectivity index (χ4v) is 1.67. The first kappa shape index (κ1) is 16.3. The first-order valence-corrected chi connectivity index (χ1v) is 6.38. The highest BCUT2D eigenvalue weighted by molar-refractivity contribution is 5.77. The van der Waals surface area contributed by atoms with Gasteiger partial charge in [-0.05, 0) is 17.7 Å². The molecule has 6 heteroatoms. The van der Waals surface area contributed by atoms with Crippen LogP contribution in [0, 0.1) is 0 Å². The quantitative estimate of drug-likeness (QED) is 0.648. The van der Waals surface area contributed by atoms with E-state index in [9.17, 15) is 4.79 Å². The fourth-order valence-electron chi connectivity index (χ4n) is 1.67. The lowest BCUT2D eigenvalue weighted by Crippen LogP contribution is -2.35. The Morgan fingerprint density at radius 1 is 1.15 bits per heavy atom. The van der Waals surface area contributed by atoms with Crippen molar-refractivity contribution in [3.8, 4) is 11.5 Å². The summed E-state index contributed by atoms with van der Waals surface area (Å²) in [4.78, 5) is 11.5. The zero-order valence-electron chi connectivity index (χ0n) is 12.2. The molecule has 1 rings (SSSR count). The zero-order valence-corrected chi connectivity index (χ0v) is 12.2. The molecule has 0 bridgehead atoms. The van der Waals surface area contributed by atoms with E-state index in [1.165, 1.54) is 0 Å². The largest absolute Gasteiger partial charge is 0.493 e. The van der Waals surface area contributed by atoms with E-state index in [0.717, 1.165) is 5.56 Å². The van der Waals surface area contributed by atoms with Crippen LogP contribution in [-0.4, -0.2) is 46.9 Å². The SMILES string of the molecule is COCCNC(=O)CNCc1ccc(OC)c(OC)c1. The summed E-state index contributed by atoms with van der Waals surface area (Å²) in [6, 6.07) is 5.65. The van der Waals surface area contributed by atoms with Gasteiger partial charge in [-0.25, -0.2) is 0 Å². The Balaban J connectivity index is 2.36. The Labute approximate surface area is 119 Å². The molecular weight excluding hydrogens is 260 g/mol. The third-order valence-corrected chi connectivity index (χ3v) is 2.69. The van der Waals surface area contributed by atoms with Crippen LogP contribution >= 0.6 is 0 Å². The van der Waals surface area contributed by atoms with Crippen molar-refractivity contribution in [2.24, 2.45) is 0 Å². The second kappa shape index (κ2) is 9.17. The van der Waals surface area contributed by atoms with Gasteiger partial charge in [-0.15, -0.1) is 0 Å². The normalized spacial score (nSPS) is 10.2. The smallest absolute Gasteiger partial charge is 0.234 e. The monoisotopic (exact) mass is 282 g/mol. The number of ether oxygens (including phenoxy) is 3. The van der Waals surface area contributed by atoms with Gasteiger partial charge < -0.3 is 24.8 Å². The van der Waals surface area contributed by atoms with E-state index in [0.29, 0.717) is 31.2 Å². The number of carbonyl (C=O) groups excluding carboxylic acids is 1. The minimum Gasteiger partial charge on any atom is -0.493 e. The van der Waals surface area contributed by atoms with Gasteiger partial charge in [-0.3, -0.25) is 4.79 Å². The van der Waals surface area contributed by atoms with Crippen LogP contribution in [0.15, 0.2) is 18.2 Å². The first-order chi connectivity index (χ1) is 9.71. The number of benzene rings is 1. The summed E-state index contributed by atoms with van der Waals surface area (Å²) in [5.41, 5.74) is 1.02. The molecular formula is C14H22N2O4. The molecule has 0 fully saturated rings. The molecule has 0 radical (unpaired) electrons. The highest BCUT2D eigenvalue weighted by atomic mass is 16.5. The number of nitrogens with one attached hydrogen (secondary N) is 2. The molecule has 6 nitrogen and oxygen atoms in total. The van der Waals surface area contributed by atoms with E-state index in [1.54, 1.807) is 21.3 Å². The Morgan fingerprint density at radius 2 is 1.90 bits per heavy atom. The van der Waals surface area contributed by atoms with Crippen LogP contribution in [0.1, 0.15) is 5.56 Å². The molecule has 0 aliphatic heterocycles. The maximum Gasteiger partial charge on any atom is 0.234 e. The summed E-state index contributed by atoms with van der Waals surface area (Å²) in [5.74, 6) is 1.31. The average molecular weight is 282 g/mol. The van der Waals surface area contributed by atoms with Gasteiger partial charge in [0, 0.05) is 20.2 Å². The Bertz CT molecular complexity index is 424. The second-order valence-corrected chi connectivity index (χ2v) is 4.14. The third kappa shape index (κ3) is 5.46. The number of hydrogen-bond acceptors (Lipinski definition) is 5. The van der Waals surface area contributed by atoms with Crippen molar-refractivity contribution in [3.63, 3.8) is 0 Å². The zero-order chi connectivity index (χ0) is 14.8. The first-order valence-electron chi connectivity index (χ1n) is 6.38. The van der Waals surface area contributed by atoms with E-state index in [1.807, 2.05) is 18.2 Å². The highest BCUT2D eigenvalue weighted by Gasteiger charge is 2.05. The molecule has 2 N–H and O–H groups in total. The van der Waals surface area contributed by atoms with E-state index in [4.69, 9.17) is 14.2 Å². The number of methoxy groups -OCH3 is 3. The molecule has 0 aromatic heterocycles. The number of hydrogen-bond donors (Lipinski definition) is 2. The van der Waals surface area contributed by atoms with Crippen LogP contribution in [0.4, 0.5) is 0 Å². The van der Waals surface area contributed by atoms with Gasteiger partial charge in [0.2, 0.25) is 5.91 Å². The molecule has 0 heterocycles. The highest BCUT2D eigenvalue weighted by Crippen LogP contribution is 2.27. The predicted octanol–water partition coefficient (Wildman–Crippen LogP) is 0.556. The molecule has 0 aliphatic rings. The molecule has 0 saturated carbocycles. The van der Waals surface area contributed by atoms with E-state index >= 15 is 0 Å². The molecule has 1 aromatic rings. The lowest BCUT2D eigenvalue weighted by Gasteiger charge is -2.10. The predicted molar refractivity (Wildman–Crippen MR) is 76.1 cm³/mol. The van der Waals surface area contributed by atoms with Gasteiger partial charge in [0.25, 0.3) is 0 Å². The summed E-state index contributed by atoms with van der Waals surface area (Å²) < 4.78 is 15.2. The molecule has 1 aromatic carbocycles. The van der Waals surface area contributed by atoms with Gasteiger partial charge in [-0.2, -0.15) is 0 Å². The van der Waals surface area contributed by atoms with Crippen molar-refractivity contribution in [2.45, 2.75) is 6.54 Å². The van der Waals surface area contributed by atoms with Gasteiger partial charge in [-0.1, -0.05) is 6.07 Å². The molecule has 0 atom stereocenters. The van der Waals surface area contributed by atoms with Crippen LogP contribution in [-0.2, 0) is 16.1 Å². The summed E-state index contributed by atoms with van der Waals surface area (Å²) in [5, 5.41) is 5.81. The number of amides is 1. The third-order valence-electron chi connectivity index (χ3n) is 2.69. The fraction of sp³-hybridized carbons (Fsp3) is 0.500. The lowest BCUT2D eigenvalue weighted by atomic mass is 10.2. The van der Waals surface area contributed by atoms with E-state index in [-0.39, 0.29) is 12.5 Å². The van der Waals surface area contributed by atoms with Crippen molar-refractivity contribution in [2.75, 3.05) is 41.0 Å². The van der Waals surface area contributed by atoms with Crippen LogP contribution < -0.4 is 20.1 Å². The Hall–Kier alpha value is -1.79. The van der Waals surface area contributed by atoms with Gasteiger partial charge in [0.15, 0.2) is 11.5 Å².